The monoisotopic (exact) mass is 684 g/mol. The Morgan fingerprint density at radius 2 is 0.722 bits per heavy atom. The highest BCUT2D eigenvalue weighted by Gasteiger charge is 2.18. The average molecular weight is 685 g/mol. The van der Waals surface area contributed by atoms with Crippen molar-refractivity contribution in [3.05, 3.63) is 194 Å². The Labute approximate surface area is 312 Å². The smallest absolute Gasteiger partial charge is 0.160 e. The van der Waals surface area contributed by atoms with Crippen molar-refractivity contribution < 1.29 is 0 Å². The molecular weight excluding hydrogens is 653 g/mol. The second kappa shape index (κ2) is 12.2. The number of aromatic nitrogens is 2. The second-order valence-electron chi connectivity index (χ2n) is 14.0. The number of nitrogens with zero attached hydrogens (tertiary/aromatic N) is 2. The van der Waals surface area contributed by atoms with Gasteiger partial charge in [-0.3, -0.25) is 0 Å². The molecule has 10 aromatic carbocycles. The molecule has 2 heteroatoms. The maximum Gasteiger partial charge on any atom is 0.160 e. The zero-order valence-electron chi connectivity index (χ0n) is 29.4. The van der Waals surface area contributed by atoms with Crippen LogP contribution in [0.2, 0.25) is 0 Å². The topological polar surface area (TPSA) is 25.8 Å². The minimum Gasteiger partial charge on any atom is -0.228 e. The van der Waals surface area contributed by atoms with E-state index in [0.717, 1.165) is 33.5 Å². The van der Waals surface area contributed by atoms with E-state index >= 15 is 0 Å². The van der Waals surface area contributed by atoms with Crippen LogP contribution >= 0.6 is 0 Å². The van der Waals surface area contributed by atoms with E-state index in [9.17, 15) is 0 Å². The third kappa shape index (κ3) is 4.74. The molecular formula is C52H32N2. The fourth-order valence-electron chi connectivity index (χ4n) is 8.65. The molecule has 0 saturated heterocycles. The molecule has 2 nitrogen and oxygen atoms in total. The Bertz CT molecular complexity index is 3200. The summed E-state index contributed by atoms with van der Waals surface area (Å²) in [5.74, 6) is 0.714. The molecule has 11 rings (SSSR count). The summed E-state index contributed by atoms with van der Waals surface area (Å²) in [5.41, 5.74) is 7.34. The summed E-state index contributed by atoms with van der Waals surface area (Å²) in [7, 11) is 0. The highest BCUT2D eigenvalue weighted by molar-refractivity contribution is 6.34. The zero-order chi connectivity index (χ0) is 35.6. The molecule has 0 aliphatic heterocycles. The predicted octanol–water partition coefficient (Wildman–Crippen LogP) is 14.1. The normalized spacial score (nSPS) is 11.7. The Kier molecular flexibility index (Phi) is 6.90. The maximum atomic E-state index is 5.23. The minimum absolute atomic E-state index is 0.714. The molecule has 0 fully saturated rings. The first-order valence-corrected chi connectivity index (χ1v) is 18.5. The molecule has 0 radical (unpaired) electrons. The molecule has 0 N–H and O–H groups in total. The van der Waals surface area contributed by atoms with Crippen molar-refractivity contribution >= 4 is 64.6 Å². The molecule has 0 atom stereocenters. The predicted molar refractivity (Wildman–Crippen MR) is 229 cm³/mol. The maximum absolute atomic E-state index is 5.23. The van der Waals surface area contributed by atoms with Crippen LogP contribution in [0.25, 0.3) is 110 Å². The molecule has 0 amide bonds. The van der Waals surface area contributed by atoms with E-state index in [1.54, 1.807) is 0 Å². The Morgan fingerprint density at radius 1 is 0.259 bits per heavy atom. The van der Waals surface area contributed by atoms with Gasteiger partial charge in [-0.1, -0.05) is 188 Å². The molecule has 1 heterocycles. The average Bonchev–Trinajstić information content (AvgIpc) is 3.25. The van der Waals surface area contributed by atoms with Crippen molar-refractivity contribution in [2.75, 3.05) is 0 Å². The van der Waals surface area contributed by atoms with Crippen LogP contribution in [0.3, 0.4) is 0 Å². The van der Waals surface area contributed by atoms with Gasteiger partial charge in [0.25, 0.3) is 0 Å². The first-order valence-electron chi connectivity index (χ1n) is 18.5. The molecule has 250 valence electrons. The van der Waals surface area contributed by atoms with E-state index in [4.69, 9.17) is 9.97 Å². The number of rotatable bonds is 4. The lowest BCUT2D eigenvalue weighted by atomic mass is 9.86. The molecule has 0 aliphatic rings. The zero-order valence-corrected chi connectivity index (χ0v) is 29.4. The number of benzene rings is 9. The second-order valence-corrected chi connectivity index (χ2v) is 14.0. The molecule has 1 aromatic heterocycles. The van der Waals surface area contributed by atoms with Gasteiger partial charge in [0.2, 0.25) is 0 Å². The van der Waals surface area contributed by atoms with Crippen LogP contribution in [0.4, 0.5) is 0 Å². The minimum atomic E-state index is 0.714. The van der Waals surface area contributed by atoms with Gasteiger partial charge in [0.15, 0.2) is 5.82 Å². The highest BCUT2D eigenvalue weighted by Crippen LogP contribution is 2.45. The SMILES string of the molecule is c1ccc(-c2cc(-c3ccc(-c4cccc5c6cccc7ccc8cccc(c9ccccc9c45)c8c76)c4ccccc34)nc(-c3ccccc3)n2)cc1. The van der Waals surface area contributed by atoms with E-state index in [1.165, 1.54) is 70.4 Å². The first-order chi connectivity index (χ1) is 26.8. The summed E-state index contributed by atoms with van der Waals surface area (Å²) in [6.07, 6.45) is 0. The number of hydrogen-bond acceptors (Lipinski definition) is 2. The summed E-state index contributed by atoms with van der Waals surface area (Å²) in [4.78, 5) is 10.3. The van der Waals surface area contributed by atoms with Gasteiger partial charge in [0.1, 0.15) is 0 Å². The third-order valence-corrected chi connectivity index (χ3v) is 11.0. The largest absolute Gasteiger partial charge is 0.228 e. The van der Waals surface area contributed by atoms with Crippen LogP contribution in [0.1, 0.15) is 0 Å². The van der Waals surface area contributed by atoms with Gasteiger partial charge in [0, 0.05) is 16.7 Å². The van der Waals surface area contributed by atoms with Gasteiger partial charge in [-0.15, -0.1) is 0 Å². The number of hydrogen-bond donors (Lipinski definition) is 0. The summed E-state index contributed by atoms with van der Waals surface area (Å²) in [5, 5.41) is 15.0. The summed E-state index contributed by atoms with van der Waals surface area (Å²) < 4.78 is 0. The molecule has 0 saturated carbocycles. The fourth-order valence-corrected chi connectivity index (χ4v) is 8.65. The van der Waals surface area contributed by atoms with E-state index in [1.807, 2.05) is 24.3 Å². The lowest BCUT2D eigenvalue weighted by molar-refractivity contribution is 1.18. The van der Waals surface area contributed by atoms with Crippen molar-refractivity contribution in [3.8, 4) is 45.0 Å². The van der Waals surface area contributed by atoms with E-state index in [2.05, 4.69) is 170 Å². The summed E-state index contributed by atoms with van der Waals surface area (Å²) >= 11 is 0. The van der Waals surface area contributed by atoms with Crippen LogP contribution in [0, 0.1) is 0 Å². The van der Waals surface area contributed by atoms with E-state index in [-0.39, 0.29) is 0 Å². The standard InChI is InChI=1S/C52H32N2/c1-3-14-33(15-4-1)47-32-48(54-52(53-47)36-16-5-2-6-17-36)41-31-30-40(37-20-7-8-21-38(37)41)44-26-13-27-46-45-25-12-19-35-29-28-34-18-11-24-42(49(34)50(35)45)39-22-9-10-23-43(39)51(44)46/h1-32H. The van der Waals surface area contributed by atoms with Crippen molar-refractivity contribution in [1.29, 1.82) is 0 Å². The number of fused-ring (bicyclic) bond motifs is 6. The van der Waals surface area contributed by atoms with Crippen molar-refractivity contribution in [1.82, 2.24) is 9.97 Å². The van der Waals surface area contributed by atoms with Crippen LogP contribution in [0.5, 0.6) is 0 Å². The van der Waals surface area contributed by atoms with Crippen molar-refractivity contribution in [2.24, 2.45) is 0 Å². The Hall–Kier alpha value is -7.16. The van der Waals surface area contributed by atoms with Crippen LogP contribution < -0.4 is 0 Å². The van der Waals surface area contributed by atoms with Crippen molar-refractivity contribution in [3.63, 3.8) is 0 Å². The summed E-state index contributed by atoms with van der Waals surface area (Å²) in [6.45, 7) is 0. The first kappa shape index (κ1) is 30.5. The lowest BCUT2D eigenvalue weighted by Gasteiger charge is -2.17. The lowest BCUT2D eigenvalue weighted by Crippen LogP contribution is -1.96. The molecule has 0 spiro atoms. The van der Waals surface area contributed by atoms with Gasteiger partial charge in [-0.2, -0.15) is 0 Å². The Morgan fingerprint density at radius 3 is 1.41 bits per heavy atom. The summed E-state index contributed by atoms with van der Waals surface area (Å²) in [6, 6.07) is 70.0. The fraction of sp³-hybridized carbons (Fsp3) is 0. The van der Waals surface area contributed by atoms with Gasteiger partial charge < -0.3 is 0 Å². The quantitative estimate of drug-likeness (QED) is 0.172. The van der Waals surface area contributed by atoms with Gasteiger partial charge in [-0.05, 0) is 81.8 Å². The van der Waals surface area contributed by atoms with Crippen LogP contribution in [-0.2, 0) is 0 Å². The van der Waals surface area contributed by atoms with Gasteiger partial charge >= 0.3 is 0 Å². The molecule has 54 heavy (non-hydrogen) atoms. The van der Waals surface area contributed by atoms with E-state index in [0.29, 0.717) is 5.82 Å². The van der Waals surface area contributed by atoms with Crippen LogP contribution in [-0.4, -0.2) is 9.97 Å². The Balaban J connectivity index is 1.23. The molecule has 0 bridgehead atoms. The highest BCUT2D eigenvalue weighted by atomic mass is 14.9. The van der Waals surface area contributed by atoms with Crippen molar-refractivity contribution in [2.45, 2.75) is 0 Å². The van der Waals surface area contributed by atoms with Crippen LogP contribution in [0.15, 0.2) is 194 Å². The molecule has 11 aromatic rings. The van der Waals surface area contributed by atoms with Gasteiger partial charge in [-0.25, -0.2) is 9.97 Å². The van der Waals surface area contributed by atoms with Gasteiger partial charge in [0.05, 0.1) is 11.4 Å². The van der Waals surface area contributed by atoms with E-state index < -0.39 is 0 Å². The molecule has 0 aliphatic carbocycles. The third-order valence-electron chi connectivity index (χ3n) is 11.0. The molecule has 0 unspecified atom stereocenters.